The lowest BCUT2D eigenvalue weighted by Crippen LogP contribution is -2.52. The van der Waals surface area contributed by atoms with Gasteiger partial charge in [-0.25, -0.2) is 4.98 Å². The summed E-state index contributed by atoms with van der Waals surface area (Å²) >= 11 is 3.48. The van der Waals surface area contributed by atoms with Crippen molar-refractivity contribution < 1.29 is 14.4 Å². The quantitative estimate of drug-likeness (QED) is 0.120. The maximum atomic E-state index is 14.8. The molecule has 0 radical (unpaired) electrons. The number of allylic oxidation sites excluding steroid dienone is 5. The molecule has 4 aliphatic rings. The Bertz CT molecular complexity index is 2430. The number of carbonyl (C=O) groups excluding carboxylic acids is 3. The first-order valence-electron chi connectivity index (χ1n) is 24.1. The molecule has 3 aliphatic heterocycles. The van der Waals surface area contributed by atoms with Crippen molar-refractivity contribution in [1.82, 2.24) is 29.9 Å². The number of piperazine rings is 1. The van der Waals surface area contributed by atoms with Crippen LogP contribution < -0.4 is 5.32 Å². The minimum Gasteiger partial charge on any atom is -0.341 e. The van der Waals surface area contributed by atoms with E-state index in [0.29, 0.717) is 25.9 Å². The van der Waals surface area contributed by atoms with Gasteiger partial charge in [0.1, 0.15) is 11.0 Å². The number of thioether (sulfide) groups is 1. The second kappa shape index (κ2) is 22.6. The molecule has 3 saturated heterocycles. The van der Waals surface area contributed by atoms with E-state index in [9.17, 15) is 14.4 Å². The van der Waals surface area contributed by atoms with Crippen molar-refractivity contribution in [3.63, 3.8) is 0 Å². The van der Waals surface area contributed by atoms with Crippen molar-refractivity contribution >= 4 is 45.7 Å². The molecule has 1 aliphatic carbocycles. The van der Waals surface area contributed by atoms with E-state index >= 15 is 0 Å². The van der Waals surface area contributed by atoms with Gasteiger partial charge in [0, 0.05) is 68.2 Å². The zero-order valence-corrected chi connectivity index (χ0v) is 40.8. The Labute approximate surface area is 400 Å². The number of benzene rings is 3. The topological polar surface area (TPSA) is 89.1 Å². The van der Waals surface area contributed by atoms with Gasteiger partial charge in [-0.1, -0.05) is 127 Å². The van der Waals surface area contributed by atoms with E-state index in [1.807, 2.05) is 53.6 Å². The highest BCUT2D eigenvalue weighted by Gasteiger charge is 2.38. The third-order valence-electron chi connectivity index (χ3n) is 13.7. The summed E-state index contributed by atoms with van der Waals surface area (Å²) in [5.41, 5.74) is 7.89. The van der Waals surface area contributed by atoms with E-state index in [1.54, 1.807) is 23.1 Å². The van der Waals surface area contributed by atoms with Crippen LogP contribution in [0.5, 0.6) is 0 Å². The molecular weight excluding hydrogens is 857 g/mol. The maximum absolute atomic E-state index is 14.8. The average Bonchev–Trinajstić information content (AvgIpc) is 4.17. The van der Waals surface area contributed by atoms with E-state index in [1.165, 1.54) is 10.5 Å². The standard InChI is InChI=1S/C55H66N6O3S2/c1-5-39(3)53(46-19-13-31-61(46)55(64)52(45-17-11-8-12-18-45)57-50(62)29-32-59-35-33-58(4)34-36-59)65-48(6-2)43-25-21-41(22-26-43)42-23-27-44(28-24-42)49-38-56-54(66-49)47-20-14-30-60(47)51(63)37-40-15-9-7-10-16-40/h6-11,15-17,21-28,38,46-47,52H,5,12-14,18-20,29-37H2,1-4H3,(H,57,62)/b48-6-,53-39+/t46-,47-,52+/m0/s1. The van der Waals surface area contributed by atoms with E-state index in [-0.39, 0.29) is 29.8 Å². The van der Waals surface area contributed by atoms with Crippen molar-refractivity contribution in [3.05, 3.63) is 142 Å². The smallest absolute Gasteiger partial charge is 0.250 e. The van der Waals surface area contributed by atoms with Crippen LogP contribution in [-0.4, -0.2) is 107 Å². The zero-order chi connectivity index (χ0) is 46.0. The number of hydrogen-bond acceptors (Lipinski definition) is 8. The van der Waals surface area contributed by atoms with E-state index in [0.717, 1.165) is 126 Å². The molecule has 4 aromatic rings. The van der Waals surface area contributed by atoms with Crippen LogP contribution in [0.25, 0.3) is 26.5 Å². The van der Waals surface area contributed by atoms with Crippen molar-refractivity contribution in [2.24, 2.45) is 0 Å². The summed E-state index contributed by atoms with van der Waals surface area (Å²) in [5, 5.41) is 4.24. The van der Waals surface area contributed by atoms with Gasteiger partial charge in [-0.2, -0.15) is 0 Å². The van der Waals surface area contributed by atoms with Crippen LogP contribution in [0, 0.1) is 0 Å². The molecule has 11 heteroatoms. The number of aromatic nitrogens is 1. The Balaban J connectivity index is 0.919. The highest BCUT2D eigenvalue weighted by Crippen LogP contribution is 2.43. The lowest BCUT2D eigenvalue weighted by Gasteiger charge is -2.34. The summed E-state index contributed by atoms with van der Waals surface area (Å²) < 4.78 is 0. The molecule has 346 valence electrons. The summed E-state index contributed by atoms with van der Waals surface area (Å²) in [6, 6.07) is 26.8. The van der Waals surface area contributed by atoms with Gasteiger partial charge < -0.3 is 24.9 Å². The number of nitrogens with zero attached hydrogens (tertiary/aromatic N) is 5. The second-order valence-electron chi connectivity index (χ2n) is 18.2. The van der Waals surface area contributed by atoms with Crippen LogP contribution in [0.15, 0.2) is 125 Å². The zero-order valence-electron chi connectivity index (χ0n) is 39.2. The predicted octanol–water partition coefficient (Wildman–Crippen LogP) is 10.6. The first kappa shape index (κ1) is 47.4. The highest BCUT2D eigenvalue weighted by molar-refractivity contribution is 8.11. The maximum Gasteiger partial charge on any atom is 0.250 e. The molecule has 0 saturated carbocycles. The molecule has 66 heavy (non-hydrogen) atoms. The first-order valence-corrected chi connectivity index (χ1v) is 25.7. The van der Waals surface area contributed by atoms with Crippen LogP contribution >= 0.6 is 23.1 Å². The largest absolute Gasteiger partial charge is 0.341 e. The monoisotopic (exact) mass is 922 g/mol. The number of amides is 3. The molecule has 3 amide bonds. The second-order valence-corrected chi connectivity index (χ2v) is 20.3. The van der Waals surface area contributed by atoms with E-state index in [4.69, 9.17) is 4.98 Å². The molecule has 4 heterocycles. The Kier molecular flexibility index (Phi) is 16.3. The SMILES string of the molecule is C/C=C(\S/C(=C(\C)CC)[C@@H]1CCCN1C(=O)[C@H](NC(=O)CCN1CCN(C)CC1)C1=CC=CCC1)c1ccc(-c2ccc(-c3cnc([C@@H]4CCCN4C(=O)Cc4ccccc4)s3)cc2)cc1. The summed E-state index contributed by atoms with van der Waals surface area (Å²) in [6.07, 6.45) is 17.5. The predicted molar refractivity (Wildman–Crippen MR) is 273 cm³/mol. The fourth-order valence-electron chi connectivity index (χ4n) is 9.65. The van der Waals surface area contributed by atoms with Crippen LogP contribution in [0.2, 0.25) is 0 Å². The van der Waals surface area contributed by atoms with Crippen molar-refractivity contribution in [3.8, 4) is 21.6 Å². The molecule has 0 unspecified atom stereocenters. The minimum atomic E-state index is -0.656. The number of likely N-dealkylation sites (tertiary alicyclic amines) is 2. The Morgan fingerprint density at radius 2 is 1.58 bits per heavy atom. The number of nitrogens with one attached hydrogen (secondary N) is 1. The fraction of sp³-hybridized carbons (Fsp3) is 0.418. The number of carbonyl (C=O) groups is 3. The molecule has 1 aromatic heterocycles. The average molecular weight is 923 g/mol. The van der Waals surface area contributed by atoms with Gasteiger partial charge in [-0.05, 0) is 99.2 Å². The van der Waals surface area contributed by atoms with Gasteiger partial charge in [-0.15, -0.1) is 11.3 Å². The number of likely N-dealkylation sites (N-methyl/N-ethyl adjacent to an activating group) is 1. The third kappa shape index (κ3) is 11.5. The molecule has 3 fully saturated rings. The molecule has 3 atom stereocenters. The van der Waals surface area contributed by atoms with Gasteiger partial charge in [0.25, 0.3) is 0 Å². The lowest BCUT2D eigenvalue weighted by molar-refractivity contribution is -0.135. The summed E-state index contributed by atoms with van der Waals surface area (Å²) in [4.78, 5) is 58.7. The molecule has 0 bridgehead atoms. The Hall–Kier alpha value is -5.07. The van der Waals surface area contributed by atoms with Gasteiger partial charge >= 0.3 is 0 Å². The number of rotatable bonds is 16. The van der Waals surface area contributed by atoms with Gasteiger partial charge in [0.05, 0.1) is 23.4 Å². The number of thiazole rings is 1. The van der Waals surface area contributed by atoms with Crippen LogP contribution in [0.1, 0.15) is 94.3 Å². The van der Waals surface area contributed by atoms with Gasteiger partial charge in [-0.3, -0.25) is 14.4 Å². The van der Waals surface area contributed by atoms with E-state index < -0.39 is 6.04 Å². The van der Waals surface area contributed by atoms with Gasteiger partial charge in [0.15, 0.2) is 0 Å². The molecule has 9 nitrogen and oxygen atoms in total. The molecule has 1 N–H and O–H groups in total. The molecule has 0 spiro atoms. The van der Waals surface area contributed by atoms with Crippen molar-refractivity contribution in [2.75, 3.05) is 52.9 Å². The normalized spacial score (nSPS) is 20.3. The van der Waals surface area contributed by atoms with Crippen molar-refractivity contribution in [2.45, 2.75) is 96.7 Å². The van der Waals surface area contributed by atoms with Crippen LogP contribution in [0.3, 0.4) is 0 Å². The molecule has 3 aromatic carbocycles. The fourth-order valence-corrected chi connectivity index (χ4v) is 12.0. The molecular formula is C55H66N6O3S2. The van der Waals surface area contributed by atoms with E-state index in [2.05, 4.69) is 109 Å². The van der Waals surface area contributed by atoms with Crippen LogP contribution in [-0.2, 0) is 20.8 Å². The minimum absolute atomic E-state index is 0.00802. The summed E-state index contributed by atoms with van der Waals surface area (Å²) in [5.74, 6) is 0.119. The Morgan fingerprint density at radius 1 is 0.879 bits per heavy atom. The van der Waals surface area contributed by atoms with Gasteiger partial charge in [0.2, 0.25) is 17.7 Å². The summed E-state index contributed by atoms with van der Waals surface area (Å²) in [6.45, 7) is 12.6. The van der Waals surface area contributed by atoms with Crippen LogP contribution in [0.4, 0.5) is 0 Å². The highest BCUT2D eigenvalue weighted by atomic mass is 32.2. The lowest BCUT2D eigenvalue weighted by atomic mass is 9.96. The van der Waals surface area contributed by atoms with Crippen molar-refractivity contribution in [1.29, 1.82) is 0 Å². The first-order chi connectivity index (χ1) is 32.2. The Morgan fingerprint density at radius 3 is 2.27 bits per heavy atom. The summed E-state index contributed by atoms with van der Waals surface area (Å²) in [7, 11) is 2.14. The number of hydrogen-bond donors (Lipinski definition) is 1. The third-order valence-corrected chi connectivity index (χ3v) is 16.4. The molecule has 8 rings (SSSR count).